The molecule has 1 heterocycles. The molecule has 0 aliphatic heterocycles. The first-order valence-electron chi connectivity index (χ1n) is 12.9. The highest BCUT2D eigenvalue weighted by Crippen LogP contribution is 2.30. The minimum Gasteiger partial charge on any atom is -0.324 e. The van der Waals surface area contributed by atoms with Crippen LogP contribution >= 0.6 is 15.9 Å². The number of anilines is 3. The Morgan fingerprint density at radius 1 is 0.659 bits per heavy atom. The fourth-order valence-corrected chi connectivity index (χ4v) is 4.93. The van der Waals surface area contributed by atoms with Crippen molar-refractivity contribution in [1.82, 2.24) is 9.97 Å². The van der Waals surface area contributed by atoms with Gasteiger partial charge in [-0.2, -0.15) is 0 Å². The number of nitrogens with one attached hydrogen (secondary N) is 2. The molecule has 7 heteroatoms. The van der Waals surface area contributed by atoms with Crippen LogP contribution in [0.3, 0.4) is 0 Å². The monoisotopic (exact) mass is 598 g/mol. The molecule has 0 atom stereocenters. The summed E-state index contributed by atoms with van der Waals surface area (Å²) in [5.74, 6) is -0.0853. The predicted molar refractivity (Wildman–Crippen MR) is 167 cm³/mol. The molecule has 0 radical (unpaired) electrons. The molecule has 0 aliphatic rings. The Morgan fingerprint density at radius 3 is 2.17 bits per heavy atom. The molecule has 0 fully saturated rings. The normalized spacial score (nSPS) is 10.8. The van der Waals surface area contributed by atoms with Crippen LogP contribution in [0, 0.1) is 0 Å². The zero-order chi connectivity index (χ0) is 28.2. The predicted octanol–water partition coefficient (Wildman–Crippen LogP) is 8.29. The Hall–Kier alpha value is -5.14. The van der Waals surface area contributed by atoms with E-state index < -0.39 is 0 Å². The number of halogens is 1. The number of aromatic nitrogens is 2. The van der Waals surface area contributed by atoms with Gasteiger partial charge in [-0.25, -0.2) is 9.97 Å². The summed E-state index contributed by atoms with van der Waals surface area (Å²) in [6.45, 7) is 0. The van der Waals surface area contributed by atoms with E-state index in [4.69, 9.17) is 9.97 Å². The average molecular weight is 599 g/mol. The van der Waals surface area contributed by atoms with Crippen LogP contribution in [0.2, 0.25) is 0 Å². The van der Waals surface area contributed by atoms with Crippen molar-refractivity contribution in [3.05, 3.63) is 149 Å². The number of amides is 1. The van der Waals surface area contributed by atoms with Gasteiger partial charge in [-0.1, -0.05) is 94.8 Å². The lowest BCUT2D eigenvalue weighted by molar-refractivity contribution is 0.102. The highest BCUT2D eigenvalue weighted by atomic mass is 79.9. The smallest absolute Gasteiger partial charge is 0.255 e. The van der Waals surface area contributed by atoms with Crippen LogP contribution in [0.5, 0.6) is 0 Å². The maximum absolute atomic E-state index is 13.3. The highest BCUT2D eigenvalue weighted by molar-refractivity contribution is 9.10. The molecule has 41 heavy (non-hydrogen) atoms. The fourth-order valence-electron chi connectivity index (χ4n) is 4.57. The van der Waals surface area contributed by atoms with Crippen molar-refractivity contribution in [1.29, 1.82) is 0 Å². The number of hydrogen-bond donors (Lipinski definition) is 2. The lowest BCUT2D eigenvalue weighted by Gasteiger charge is -2.13. The quantitative estimate of drug-likeness (QED) is 0.181. The fraction of sp³-hybridized carbons (Fsp3) is 0. The second kappa shape index (κ2) is 11.5. The van der Waals surface area contributed by atoms with Crippen molar-refractivity contribution >= 4 is 55.8 Å². The molecule has 6 nitrogen and oxygen atoms in total. The third kappa shape index (κ3) is 5.76. The van der Waals surface area contributed by atoms with Crippen molar-refractivity contribution in [3.63, 3.8) is 0 Å². The number of benzene rings is 5. The summed E-state index contributed by atoms with van der Waals surface area (Å²) in [5, 5.41) is 7.09. The van der Waals surface area contributed by atoms with Crippen LogP contribution in [0.1, 0.15) is 26.3 Å². The topological polar surface area (TPSA) is 84.0 Å². The standard InChI is InChI=1S/C34H23BrN4O2/c35-25-18-19-30-28(21-25)31(22-10-3-1-4-11-22)39-34(38-30)36-26-15-9-14-24(20-26)33(41)37-29-17-8-7-16-27(29)32(40)23-12-5-2-6-13-23/h1-21H,(H,37,41)(H,36,38,39). The SMILES string of the molecule is O=C(Nc1ccccc1C(=O)c1ccccc1)c1cccc(Nc2nc(-c3ccccc3)c3cc(Br)ccc3n2)c1. The number of carbonyl (C=O) groups excluding carboxylic acids is 2. The van der Waals surface area contributed by atoms with Crippen molar-refractivity contribution in [2.75, 3.05) is 10.6 Å². The average Bonchev–Trinajstić information content (AvgIpc) is 3.02. The lowest BCUT2D eigenvalue weighted by atomic mass is 10.0. The largest absolute Gasteiger partial charge is 0.324 e. The van der Waals surface area contributed by atoms with E-state index in [-0.39, 0.29) is 11.7 Å². The van der Waals surface area contributed by atoms with E-state index >= 15 is 0 Å². The molecule has 0 saturated carbocycles. The molecule has 0 saturated heterocycles. The van der Waals surface area contributed by atoms with Gasteiger partial charge in [0.25, 0.3) is 5.91 Å². The molecule has 198 valence electrons. The first-order valence-corrected chi connectivity index (χ1v) is 13.7. The van der Waals surface area contributed by atoms with Gasteiger partial charge in [0, 0.05) is 37.8 Å². The molecule has 6 aromatic rings. The van der Waals surface area contributed by atoms with Gasteiger partial charge in [0.15, 0.2) is 5.78 Å². The van der Waals surface area contributed by atoms with Gasteiger partial charge in [0.1, 0.15) is 0 Å². The molecule has 1 aromatic heterocycles. The van der Waals surface area contributed by atoms with Crippen LogP contribution in [-0.2, 0) is 0 Å². The second-order valence-corrected chi connectivity index (χ2v) is 10.2. The Morgan fingerprint density at radius 2 is 1.37 bits per heavy atom. The van der Waals surface area contributed by atoms with Crippen LogP contribution in [-0.4, -0.2) is 21.7 Å². The van der Waals surface area contributed by atoms with E-state index in [2.05, 4.69) is 26.6 Å². The summed E-state index contributed by atoms with van der Waals surface area (Å²) in [4.78, 5) is 35.9. The van der Waals surface area contributed by atoms with Crippen molar-refractivity contribution in [3.8, 4) is 11.3 Å². The molecular formula is C34H23BrN4O2. The minimum atomic E-state index is -0.337. The molecule has 0 aliphatic carbocycles. The Bertz CT molecular complexity index is 1890. The second-order valence-electron chi connectivity index (χ2n) is 9.32. The third-order valence-corrected chi connectivity index (χ3v) is 7.04. The van der Waals surface area contributed by atoms with E-state index in [0.29, 0.717) is 34.0 Å². The number of nitrogens with zero attached hydrogens (tertiary/aromatic N) is 2. The van der Waals surface area contributed by atoms with Gasteiger partial charge >= 0.3 is 0 Å². The third-order valence-electron chi connectivity index (χ3n) is 6.54. The Labute approximate surface area is 245 Å². The number of ketones is 1. The molecule has 1 amide bonds. The summed E-state index contributed by atoms with van der Waals surface area (Å²) in [6, 6.07) is 38.9. The minimum absolute atomic E-state index is 0.161. The molecule has 5 aromatic carbocycles. The summed E-state index contributed by atoms with van der Waals surface area (Å²) in [7, 11) is 0. The molecule has 0 spiro atoms. The van der Waals surface area contributed by atoms with Gasteiger partial charge in [-0.15, -0.1) is 0 Å². The zero-order valence-electron chi connectivity index (χ0n) is 21.7. The molecule has 0 bridgehead atoms. The van der Waals surface area contributed by atoms with Crippen LogP contribution in [0.15, 0.2) is 132 Å². The number of rotatable bonds is 7. The Balaban J connectivity index is 1.28. The van der Waals surface area contributed by atoms with E-state index in [1.807, 2.05) is 72.8 Å². The van der Waals surface area contributed by atoms with Crippen molar-refractivity contribution < 1.29 is 9.59 Å². The van der Waals surface area contributed by atoms with Gasteiger partial charge in [-0.3, -0.25) is 9.59 Å². The molecular weight excluding hydrogens is 576 g/mol. The van der Waals surface area contributed by atoms with E-state index in [1.165, 1.54) is 0 Å². The first kappa shape index (κ1) is 26.1. The summed E-state index contributed by atoms with van der Waals surface area (Å²) in [5.41, 5.74) is 5.06. The van der Waals surface area contributed by atoms with E-state index in [9.17, 15) is 9.59 Å². The van der Waals surface area contributed by atoms with Gasteiger partial charge < -0.3 is 10.6 Å². The summed E-state index contributed by atoms with van der Waals surface area (Å²) in [6.07, 6.45) is 0. The van der Waals surface area contributed by atoms with Crippen LogP contribution in [0.25, 0.3) is 22.2 Å². The maximum Gasteiger partial charge on any atom is 0.255 e. The highest BCUT2D eigenvalue weighted by Gasteiger charge is 2.16. The summed E-state index contributed by atoms with van der Waals surface area (Å²) >= 11 is 3.55. The number of fused-ring (bicyclic) bond motifs is 1. The lowest BCUT2D eigenvalue weighted by Crippen LogP contribution is -2.15. The first-order chi connectivity index (χ1) is 20.0. The van der Waals surface area contributed by atoms with Crippen LogP contribution < -0.4 is 10.6 Å². The van der Waals surface area contributed by atoms with Gasteiger partial charge in [0.05, 0.1) is 16.9 Å². The van der Waals surface area contributed by atoms with E-state index in [1.54, 1.807) is 54.6 Å². The van der Waals surface area contributed by atoms with Crippen LogP contribution in [0.4, 0.5) is 17.3 Å². The van der Waals surface area contributed by atoms with Crippen molar-refractivity contribution in [2.24, 2.45) is 0 Å². The van der Waals surface area contributed by atoms with Gasteiger partial charge in [-0.05, 0) is 48.5 Å². The zero-order valence-corrected chi connectivity index (χ0v) is 23.3. The molecule has 0 unspecified atom stereocenters. The Kier molecular flexibility index (Phi) is 7.34. The number of hydrogen-bond acceptors (Lipinski definition) is 5. The molecule has 2 N–H and O–H groups in total. The van der Waals surface area contributed by atoms with Gasteiger partial charge in [0.2, 0.25) is 5.95 Å². The van der Waals surface area contributed by atoms with E-state index in [0.717, 1.165) is 26.6 Å². The summed E-state index contributed by atoms with van der Waals surface area (Å²) < 4.78 is 0.942. The van der Waals surface area contributed by atoms with Crippen molar-refractivity contribution in [2.45, 2.75) is 0 Å². The number of para-hydroxylation sites is 1. The maximum atomic E-state index is 13.3. The number of carbonyl (C=O) groups is 2. The molecule has 6 rings (SSSR count).